The van der Waals surface area contributed by atoms with E-state index in [0.29, 0.717) is 5.82 Å². The molecule has 9 aromatic rings. The van der Waals surface area contributed by atoms with Crippen LogP contribution in [0.25, 0.3) is 65.2 Å². The van der Waals surface area contributed by atoms with Crippen molar-refractivity contribution >= 4 is 31.6 Å². The van der Waals surface area contributed by atoms with Crippen molar-refractivity contribution in [1.29, 1.82) is 0 Å². The van der Waals surface area contributed by atoms with Gasteiger partial charge in [0.05, 0.1) is 21.3 Å². The lowest BCUT2D eigenvalue weighted by Gasteiger charge is -2.39. The van der Waals surface area contributed by atoms with E-state index in [4.69, 9.17) is 14.7 Å². The van der Waals surface area contributed by atoms with Gasteiger partial charge < -0.3 is 4.74 Å². The Hall–Kier alpha value is -6.36. The molecule has 11 rings (SSSR count). The molecule has 1 spiro atoms. The second kappa shape index (κ2) is 10.8. The fourth-order valence-corrected chi connectivity index (χ4v) is 9.55. The highest BCUT2D eigenvalue weighted by Gasteiger charge is 2.50. The van der Waals surface area contributed by atoms with Gasteiger partial charge >= 0.3 is 0 Å². The first-order chi connectivity index (χ1) is 25.3. The standard InChI is InChI=1S/C47H28N2OS/c1-2-13-29(14-3-1)30-15-12-16-32(27-30)46-48-43(45-44(49-46)35-19-6-11-24-42(35)51-45)31-25-26-39-41(28-31)50-40-23-10-9-22-38(40)47(39)36-20-7-4-17-33(36)34-18-5-8-21-37(34)47/h1-28H. The summed E-state index contributed by atoms with van der Waals surface area (Å²) in [6, 6.07) is 60.4. The summed E-state index contributed by atoms with van der Waals surface area (Å²) >= 11 is 1.75. The van der Waals surface area contributed by atoms with Crippen LogP contribution < -0.4 is 4.74 Å². The summed E-state index contributed by atoms with van der Waals surface area (Å²) in [6.45, 7) is 0. The Kier molecular flexibility index (Phi) is 6.04. The van der Waals surface area contributed by atoms with Crippen molar-refractivity contribution in [2.45, 2.75) is 5.41 Å². The van der Waals surface area contributed by atoms with E-state index in [9.17, 15) is 0 Å². The van der Waals surface area contributed by atoms with Crippen LogP contribution >= 0.6 is 11.3 Å². The Balaban J connectivity index is 1.16. The number of aromatic nitrogens is 2. The minimum absolute atomic E-state index is 0.502. The van der Waals surface area contributed by atoms with Crippen molar-refractivity contribution in [1.82, 2.24) is 9.97 Å². The van der Waals surface area contributed by atoms with Gasteiger partial charge in [0.1, 0.15) is 11.5 Å². The SMILES string of the molecule is c1ccc(-c2cccc(-c3nc(-c4ccc5c(c4)Oc4ccccc4C54c5ccccc5-c5ccccc54)c4sc5ccccc5c4n3)c2)cc1. The van der Waals surface area contributed by atoms with Crippen LogP contribution in [-0.2, 0) is 5.41 Å². The molecular formula is C47H28N2OS. The summed E-state index contributed by atoms with van der Waals surface area (Å²) in [7, 11) is 0. The lowest BCUT2D eigenvalue weighted by Crippen LogP contribution is -2.32. The van der Waals surface area contributed by atoms with Gasteiger partial charge in [-0.05, 0) is 57.6 Å². The number of hydrogen-bond donors (Lipinski definition) is 0. The predicted molar refractivity (Wildman–Crippen MR) is 209 cm³/mol. The Morgan fingerprint density at radius 1 is 0.451 bits per heavy atom. The van der Waals surface area contributed by atoms with E-state index in [1.807, 2.05) is 6.07 Å². The number of nitrogens with zero attached hydrogens (tertiary/aromatic N) is 2. The number of thiophene rings is 1. The van der Waals surface area contributed by atoms with Crippen molar-refractivity contribution < 1.29 is 4.74 Å². The molecule has 0 saturated carbocycles. The maximum absolute atomic E-state index is 6.87. The lowest BCUT2D eigenvalue weighted by molar-refractivity contribution is 0.436. The van der Waals surface area contributed by atoms with E-state index in [0.717, 1.165) is 66.2 Å². The highest BCUT2D eigenvalue weighted by molar-refractivity contribution is 7.26. The van der Waals surface area contributed by atoms with Crippen molar-refractivity contribution in [3.8, 4) is 56.4 Å². The van der Waals surface area contributed by atoms with Crippen LogP contribution in [-0.4, -0.2) is 9.97 Å². The molecule has 0 N–H and O–H groups in total. The number of hydrogen-bond acceptors (Lipinski definition) is 4. The molecule has 0 radical (unpaired) electrons. The minimum atomic E-state index is -0.502. The second-order valence-electron chi connectivity index (χ2n) is 13.3. The van der Waals surface area contributed by atoms with Crippen molar-refractivity contribution in [3.05, 3.63) is 192 Å². The van der Waals surface area contributed by atoms with Crippen LogP contribution in [0.2, 0.25) is 0 Å². The van der Waals surface area contributed by atoms with Gasteiger partial charge in [0.25, 0.3) is 0 Å². The number of fused-ring (bicyclic) bond motifs is 12. The van der Waals surface area contributed by atoms with E-state index in [1.54, 1.807) is 11.3 Å². The molecule has 1 aliphatic heterocycles. The molecule has 1 aliphatic carbocycles. The third kappa shape index (κ3) is 4.05. The molecule has 2 aliphatic rings. The summed E-state index contributed by atoms with van der Waals surface area (Å²) in [5.41, 5.74) is 13.1. The Bertz CT molecular complexity index is 2810. The molecule has 0 bridgehead atoms. The summed E-state index contributed by atoms with van der Waals surface area (Å²) in [4.78, 5) is 10.6. The van der Waals surface area contributed by atoms with Gasteiger partial charge in [0, 0.05) is 32.3 Å². The van der Waals surface area contributed by atoms with Crippen LogP contribution in [0, 0.1) is 0 Å². The average Bonchev–Trinajstić information content (AvgIpc) is 3.72. The van der Waals surface area contributed by atoms with Crippen LogP contribution in [0.1, 0.15) is 22.3 Å². The molecule has 0 unspecified atom stereocenters. The van der Waals surface area contributed by atoms with E-state index in [2.05, 4.69) is 164 Å². The fourth-order valence-electron chi connectivity index (χ4n) is 8.39. The molecule has 7 aromatic carbocycles. The van der Waals surface area contributed by atoms with E-state index in [1.165, 1.54) is 27.0 Å². The maximum Gasteiger partial charge on any atom is 0.160 e. The van der Waals surface area contributed by atoms with Gasteiger partial charge in [0.15, 0.2) is 5.82 Å². The van der Waals surface area contributed by atoms with Gasteiger partial charge in [-0.25, -0.2) is 9.97 Å². The predicted octanol–water partition coefficient (Wildman–Crippen LogP) is 12.3. The monoisotopic (exact) mass is 668 g/mol. The van der Waals surface area contributed by atoms with E-state index in [-0.39, 0.29) is 0 Å². The molecule has 3 nitrogen and oxygen atoms in total. The van der Waals surface area contributed by atoms with Crippen LogP contribution in [0.15, 0.2) is 170 Å². The molecule has 0 amide bonds. The topological polar surface area (TPSA) is 35.0 Å². The Morgan fingerprint density at radius 3 is 1.92 bits per heavy atom. The molecule has 2 aromatic heterocycles. The number of para-hydroxylation sites is 1. The number of benzene rings is 7. The van der Waals surface area contributed by atoms with Gasteiger partial charge in [-0.3, -0.25) is 0 Å². The number of rotatable bonds is 3. The molecule has 0 fully saturated rings. The first-order valence-electron chi connectivity index (χ1n) is 17.2. The maximum atomic E-state index is 6.87. The Morgan fingerprint density at radius 2 is 1.10 bits per heavy atom. The molecule has 3 heterocycles. The van der Waals surface area contributed by atoms with E-state index >= 15 is 0 Å². The summed E-state index contributed by atoms with van der Waals surface area (Å²) in [5.74, 6) is 2.43. The van der Waals surface area contributed by atoms with Crippen molar-refractivity contribution in [3.63, 3.8) is 0 Å². The van der Waals surface area contributed by atoms with Crippen molar-refractivity contribution in [2.75, 3.05) is 0 Å². The third-order valence-corrected chi connectivity index (χ3v) is 11.7. The van der Waals surface area contributed by atoms with Gasteiger partial charge in [-0.15, -0.1) is 11.3 Å². The zero-order valence-corrected chi connectivity index (χ0v) is 28.2. The number of ether oxygens (including phenoxy) is 1. The minimum Gasteiger partial charge on any atom is -0.457 e. The van der Waals surface area contributed by atoms with Crippen LogP contribution in [0.4, 0.5) is 0 Å². The zero-order valence-electron chi connectivity index (χ0n) is 27.4. The average molecular weight is 669 g/mol. The third-order valence-electron chi connectivity index (χ3n) is 10.6. The van der Waals surface area contributed by atoms with Gasteiger partial charge in [0.2, 0.25) is 0 Å². The smallest absolute Gasteiger partial charge is 0.160 e. The van der Waals surface area contributed by atoms with Gasteiger partial charge in [-0.1, -0.05) is 146 Å². The molecule has 238 valence electrons. The molecule has 0 atom stereocenters. The highest BCUT2D eigenvalue weighted by Crippen LogP contribution is 2.62. The van der Waals surface area contributed by atoms with Gasteiger partial charge in [-0.2, -0.15) is 0 Å². The summed E-state index contributed by atoms with van der Waals surface area (Å²) < 4.78 is 9.13. The van der Waals surface area contributed by atoms with Crippen LogP contribution in [0.5, 0.6) is 11.5 Å². The molecule has 4 heteroatoms. The second-order valence-corrected chi connectivity index (χ2v) is 14.3. The zero-order chi connectivity index (χ0) is 33.5. The largest absolute Gasteiger partial charge is 0.457 e. The molecule has 51 heavy (non-hydrogen) atoms. The van der Waals surface area contributed by atoms with Crippen LogP contribution in [0.3, 0.4) is 0 Å². The lowest BCUT2D eigenvalue weighted by atomic mass is 9.66. The molecule has 0 saturated heterocycles. The summed E-state index contributed by atoms with van der Waals surface area (Å²) in [6.07, 6.45) is 0. The summed E-state index contributed by atoms with van der Waals surface area (Å²) in [5, 5.41) is 1.14. The van der Waals surface area contributed by atoms with E-state index < -0.39 is 5.41 Å². The quantitative estimate of drug-likeness (QED) is 0.188. The Labute approximate surface area is 299 Å². The normalized spacial score (nSPS) is 13.4. The highest BCUT2D eigenvalue weighted by atomic mass is 32.1. The fraction of sp³-hybridized carbons (Fsp3) is 0.0213. The first-order valence-corrected chi connectivity index (χ1v) is 18.1. The first kappa shape index (κ1) is 28.5. The van der Waals surface area contributed by atoms with Crippen molar-refractivity contribution in [2.24, 2.45) is 0 Å². The molecular weight excluding hydrogens is 641 g/mol.